The lowest BCUT2D eigenvalue weighted by Gasteiger charge is -2.26. The van der Waals surface area contributed by atoms with E-state index in [2.05, 4.69) is 19.9 Å². The first-order valence-electron chi connectivity index (χ1n) is 12.2. The number of aromatic nitrogens is 3. The van der Waals surface area contributed by atoms with Gasteiger partial charge in [-0.2, -0.15) is 9.37 Å². The molecule has 37 heavy (non-hydrogen) atoms. The molecule has 2 aromatic carbocycles. The SMILES string of the molecule is Cc1[nH]c(=O)c2ccc(-c3nc(-c4ccc(C5CCOCC5)c(CN(C)C)c4)c(F)nc3N)cc2c1F. The molecule has 5 rings (SSSR count). The minimum Gasteiger partial charge on any atom is -0.382 e. The zero-order valence-corrected chi connectivity index (χ0v) is 21.1. The zero-order valence-electron chi connectivity index (χ0n) is 21.1. The topological polar surface area (TPSA) is 97.1 Å². The molecule has 0 bridgehead atoms. The summed E-state index contributed by atoms with van der Waals surface area (Å²) < 4.78 is 35.5. The highest BCUT2D eigenvalue weighted by molar-refractivity contribution is 5.88. The van der Waals surface area contributed by atoms with Gasteiger partial charge in [-0.3, -0.25) is 4.79 Å². The van der Waals surface area contributed by atoms with E-state index in [0.717, 1.165) is 31.6 Å². The standard InChI is InChI=1S/C28H29F2N5O2/c1-15-23(29)22-13-18(5-7-21(22)28(36)32-15)25-27(31)34-26(30)24(33-25)17-4-6-20(16-8-10-37-11-9-16)19(12-17)14-35(2)3/h4-7,12-13,16H,8-11,14H2,1-3H3,(H2,31,34)(H,32,36). The van der Waals surface area contributed by atoms with Crippen molar-refractivity contribution < 1.29 is 13.5 Å². The molecule has 3 N–H and O–H groups in total. The van der Waals surface area contributed by atoms with Gasteiger partial charge in [0.2, 0.25) is 5.95 Å². The fraction of sp³-hybridized carbons (Fsp3) is 0.321. The van der Waals surface area contributed by atoms with Gasteiger partial charge in [-0.1, -0.05) is 18.2 Å². The Bertz CT molecular complexity index is 1540. The normalized spacial score (nSPS) is 14.5. The van der Waals surface area contributed by atoms with Crippen molar-refractivity contribution in [3.63, 3.8) is 0 Å². The van der Waals surface area contributed by atoms with Crippen LogP contribution in [0.5, 0.6) is 0 Å². The average Bonchev–Trinajstić information content (AvgIpc) is 2.87. The molecule has 0 aliphatic carbocycles. The van der Waals surface area contributed by atoms with Crippen LogP contribution in [-0.2, 0) is 11.3 Å². The number of halogens is 2. The van der Waals surface area contributed by atoms with Gasteiger partial charge in [0.15, 0.2) is 5.82 Å². The summed E-state index contributed by atoms with van der Waals surface area (Å²) in [5.41, 5.74) is 9.43. The van der Waals surface area contributed by atoms with Crippen molar-refractivity contribution in [2.75, 3.05) is 33.0 Å². The number of ether oxygens (including phenoxy) is 1. The van der Waals surface area contributed by atoms with Crippen molar-refractivity contribution in [2.45, 2.75) is 32.2 Å². The van der Waals surface area contributed by atoms with Crippen LogP contribution in [-0.4, -0.2) is 47.2 Å². The smallest absolute Gasteiger partial charge is 0.256 e. The maximum absolute atomic E-state index is 15.1. The van der Waals surface area contributed by atoms with Crippen molar-refractivity contribution in [3.05, 3.63) is 75.3 Å². The van der Waals surface area contributed by atoms with E-state index in [9.17, 15) is 9.18 Å². The molecule has 3 heterocycles. The van der Waals surface area contributed by atoms with Gasteiger partial charge >= 0.3 is 0 Å². The predicted molar refractivity (Wildman–Crippen MR) is 140 cm³/mol. The third-order valence-corrected chi connectivity index (χ3v) is 6.85. The second-order valence-electron chi connectivity index (χ2n) is 9.79. The van der Waals surface area contributed by atoms with Gasteiger partial charge < -0.3 is 20.4 Å². The first-order chi connectivity index (χ1) is 17.7. The molecule has 1 fully saturated rings. The molecule has 1 saturated heterocycles. The second kappa shape index (κ2) is 9.99. The fourth-order valence-electron chi connectivity index (χ4n) is 5.03. The lowest BCUT2D eigenvalue weighted by atomic mass is 9.87. The summed E-state index contributed by atoms with van der Waals surface area (Å²) in [6, 6.07) is 10.5. The molecule has 4 aromatic rings. The van der Waals surface area contributed by atoms with Gasteiger partial charge in [0.1, 0.15) is 17.2 Å². The van der Waals surface area contributed by atoms with Crippen LogP contribution in [0.15, 0.2) is 41.2 Å². The van der Waals surface area contributed by atoms with Gasteiger partial charge in [-0.25, -0.2) is 9.37 Å². The number of nitrogens with zero attached hydrogens (tertiary/aromatic N) is 3. The van der Waals surface area contributed by atoms with Crippen LogP contribution in [0.1, 0.15) is 35.6 Å². The van der Waals surface area contributed by atoms with E-state index >= 15 is 4.39 Å². The van der Waals surface area contributed by atoms with Crippen LogP contribution in [0.4, 0.5) is 14.6 Å². The van der Waals surface area contributed by atoms with Gasteiger partial charge in [0, 0.05) is 41.7 Å². The quantitative estimate of drug-likeness (QED) is 0.405. The number of H-pyrrole nitrogens is 1. The minimum atomic E-state index is -0.782. The van der Waals surface area contributed by atoms with Crippen molar-refractivity contribution in [3.8, 4) is 22.5 Å². The molecule has 0 unspecified atom stereocenters. The van der Waals surface area contributed by atoms with Crippen LogP contribution >= 0.6 is 0 Å². The summed E-state index contributed by atoms with van der Waals surface area (Å²) in [6.45, 7) is 3.64. The molecule has 1 aliphatic heterocycles. The number of nitrogens with two attached hydrogens (primary N) is 1. The number of rotatable bonds is 5. The molecular weight excluding hydrogens is 476 g/mol. The third-order valence-electron chi connectivity index (χ3n) is 6.85. The summed E-state index contributed by atoms with van der Waals surface area (Å²) in [7, 11) is 3.99. The van der Waals surface area contributed by atoms with E-state index in [1.807, 2.05) is 32.3 Å². The summed E-state index contributed by atoms with van der Waals surface area (Å²) in [4.78, 5) is 25.3. The van der Waals surface area contributed by atoms with E-state index in [0.29, 0.717) is 23.6 Å². The van der Waals surface area contributed by atoms with Crippen LogP contribution in [0.3, 0.4) is 0 Å². The highest BCUT2D eigenvalue weighted by Crippen LogP contribution is 2.35. The molecule has 0 radical (unpaired) electrons. The lowest BCUT2D eigenvalue weighted by molar-refractivity contribution is 0.0850. The Morgan fingerprint density at radius 2 is 1.73 bits per heavy atom. The lowest BCUT2D eigenvalue weighted by Crippen LogP contribution is -2.18. The van der Waals surface area contributed by atoms with E-state index in [1.165, 1.54) is 24.6 Å². The van der Waals surface area contributed by atoms with E-state index < -0.39 is 17.3 Å². The van der Waals surface area contributed by atoms with Crippen molar-refractivity contribution in [1.29, 1.82) is 0 Å². The Kier molecular flexibility index (Phi) is 6.74. The van der Waals surface area contributed by atoms with Gasteiger partial charge in [0.25, 0.3) is 5.56 Å². The molecule has 0 amide bonds. The fourth-order valence-corrected chi connectivity index (χ4v) is 5.03. The Hall–Kier alpha value is -3.69. The zero-order chi connectivity index (χ0) is 26.3. The number of pyridine rings is 1. The molecule has 2 aromatic heterocycles. The first kappa shape index (κ1) is 25.0. The number of aryl methyl sites for hydroxylation is 1. The summed E-state index contributed by atoms with van der Waals surface area (Å²) in [6.07, 6.45) is 1.89. The van der Waals surface area contributed by atoms with Gasteiger partial charge in [0.05, 0.1) is 5.69 Å². The Labute approximate surface area is 213 Å². The first-order valence-corrected chi connectivity index (χ1v) is 12.2. The number of anilines is 1. The number of fused-ring (bicyclic) bond motifs is 1. The van der Waals surface area contributed by atoms with Crippen LogP contribution in [0.2, 0.25) is 0 Å². The minimum absolute atomic E-state index is 0.0605. The molecule has 1 aliphatic rings. The maximum atomic E-state index is 15.1. The predicted octanol–water partition coefficient (Wildman–Crippen LogP) is 4.78. The number of aromatic amines is 1. The molecule has 9 heteroatoms. The maximum Gasteiger partial charge on any atom is 0.256 e. The average molecular weight is 506 g/mol. The van der Waals surface area contributed by atoms with Crippen LogP contribution in [0.25, 0.3) is 33.3 Å². The van der Waals surface area contributed by atoms with Crippen molar-refractivity contribution in [1.82, 2.24) is 19.9 Å². The number of hydrogen-bond acceptors (Lipinski definition) is 6. The molecule has 0 spiro atoms. The number of nitrogen functional groups attached to an aromatic ring is 1. The molecule has 0 saturated carbocycles. The number of hydrogen-bond donors (Lipinski definition) is 2. The van der Waals surface area contributed by atoms with Crippen LogP contribution < -0.4 is 11.3 Å². The largest absolute Gasteiger partial charge is 0.382 e. The number of benzene rings is 2. The highest BCUT2D eigenvalue weighted by atomic mass is 19.1. The van der Waals surface area contributed by atoms with Crippen molar-refractivity contribution >= 4 is 16.6 Å². The third kappa shape index (κ3) is 4.84. The molecular formula is C28H29F2N5O2. The number of nitrogens with one attached hydrogen (secondary N) is 1. The Balaban J connectivity index is 1.62. The van der Waals surface area contributed by atoms with Gasteiger partial charge in [-0.05, 0) is 69.1 Å². The molecule has 0 atom stereocenters. The van der Waals surface area contributed by atoms with Crippen molar-refractivity contribution in [2.24, 2.45) is 0 Å². The van der Waals surface area contributed by atoms with Gasteiger partial charge in [-0.15, -0.1) is 0 Å². The Morgan fingerprint density at radius 3 is 2.46 bits per heavy atom. The van der Waals surface area contributed by atoms with E-state index in [4.69, 9.17) is 10.5 Å². The monoisotopic (exact) mass is 505 g/mol. The summed E-state index contributed by atoms with van der Waals surface area (Å²) in [5.74, 6) is -1.05. The Morgan fingerprint density at radius 1 is 1.03 bits per heavy atom. The van der Waals surface area contributed by atoms with E-state index in [-0.39, 0.29) is 33.7 Å². The van der Waals surface area contributed by atoms with E-state index in [1.54, 1.807) is 6.07 Å². The summed E-state index contributed by atoms with van der Waals surface area (Å²) in [5, 5.41) is 0.345. The van der Waals surface area contributed by atoms with Crippen LogP contribution in [0, 0.1) is 18.7 Å². The summed E-state index contributed by atoms with van der Waals surface area (Å²) >= 11 is 0. The highest BCUT2D eigenvalue weighted by Gasteiger charge is 2.22. The second-order valence-corrected chi connectivity index (χ2v) is 9.79. The molecule has 7 nitrogen and oxygen atoms in total. The molecule has 192 valence electrons.